The van der Waals surface area contributed by atoms with Crippen molar-refractivity contribution in [3.8, 4) is 0 Å². The fraction of sp³-hybridized carbons (Fsp3) is 0.727. The fourth-order valence-electron chi connectivity index (χ4n) is 1.28. The number of aryl methyl sites for hydroxylation is 1. The van der Waals surface area contributed by atoms with E-state index in [1.54, 1.807) is 0 Å². The Bertz CT molecular complexity index is 286. The zero-order valence-corrected chi connectivity index (χ0v) is 10.3. The van der Waals surface area contributed by atoms with Crippen molar-refractivity contribution in [2.75, 3.05) is 6.61 Å². The number of nitrogens with zero attached hydrogens (tertiary/aromatic N) is 2. The van der Waals surface area contributed by atoms with Gasteiger partial charge in [0.05, 0.1) is 11.6 Å². The summed E-state index contributed by atoms with van der Waals surface area (Å²) in [6, 6.07) is 0. The molecule has 0 atom stereocenters. The Morgan fingerprint density at radius 2 is 2.20 bits per heavy atom. The predicted molar refractivity (Wildman–Crippen MR) is 62.1 cm³/mol. The lowest BCUT2D eigenvalue weighted by atomic mass is 10.3. The molecule has 1 heterocycles. The van der Waals surface area contributed by atoms with E-state index in [4.69, 9.17) is 16.3 Å². The van der Waals surface area contributed by atoms with Crippen molar-refractivity contribution >= 4 is 11.6 Å². The molecule has 4 heteroatoms. The van der Waals surface area contributed by atoms with Gasteiger partial charge in [-0.15, -0.1) is 0 Å². The van der Waals surface area contributed by atoms with Crippen molar-refractivity contribution in [3.05, 3.63) is 16.9 Å². The Kier molecular flexibility index (Phi) is 5.73. The largest absolute Gasteiger partial charge is 0.375 e. The summed E-state index contributed by atoms with van der Waals surface area (Å²) in [6.45, 7) is 6.46. The first kappa shape index (κ1) is 12.5. The first-order chi connectivity index (χ1) is 7.27. The molecule has 0 fully saturated rings. The standard InChI is InChI=1S/C11H19ClN2O/c1-3-5-6-14-8-10(12)11(13-14)9-15-7-4-2/h8H,3-7,9H2,1-2H3. The maximum absolute atomic E-state index is 6.04. The highest BCUT2D eigenvalue weighted by molar-refractivity contribution is 6.31. The number of hydrogen-bond acceptors (Lipinski definition) is 2. The molecule has 0 aromatic carbocycles. The normalized spacial score (nSPS) is 10.9. The molecule has 3 nitrogen and oxygen atoms in total. The van der Waals surface area contributed by atoms with Gasteiger partial charge in [0, 0.05) is 19.3 Å². The zero-order chi connectivity index (χ0) is 11.1. The summed E-state index contributed by atoms with van der Waals surface area (Å²) >= 11 is 6.04. The van der Waals surface area contributed by atoms with E-state index in [0.29, 0.717) is 11.6 Å². The highest BCUT2D eigenvalue weighted by Gasteiger charge is 2.06. The molecule has 1 aromatic rings. The molecule has 1 rings (SSSR count). The summed E-state index contributed by atoms with van der Waals surface area (Å²) in [7, 11) is 0. The number of aromatic nitrogens is 2. The lowest BCUT2D eigenvalue weighted by Gasteiger charge is -2.00. The average Bonchev–Trinajstić information content (AvgIpc) is 2.57. The van der Waals surface area contributed by atoms with Crippen LogP contribution in [0.2, 0.25) is 5.02 Å². The molecule has 15 heavy (non-hydrogen) atoms. The quantitative estimate of drug-likeness (QED) is 0.673. The number of rotatable bonds is 7. The smallest absolute Gasteiger partial charge is 0.107 e. The van der Waals surface area contributed by atoms with Gasteiger partial charge in [-0.1, -0.05) is 31.9 Å². The van der Waals surface area contributed by atoms with E-state index in [0.717, 1.165) is 31.7 Å². The molecule has 0 bridgehead atoms. The lowest BCUT2D eigenvalue weighted by molar-refractivity contribution is 0.118. The molecule has 0 aliphatic carbocycles. The second-order valence-corrected chi connectivity index (χ2v) is 4.00. The van der Waals surface area contributed by atoms with E-state index in [9.17, 15) is 0 Å². The van der Waals surface area contributed by atoms with Gasteiger partial charge in [0.2, 0.25) is 0 Å². The van der Waals surface area contributed by atoms with Crippen molar-refractivity contribution in [2.24, 2.45) is 0 Å². The van der Waals surface area contributed by atoms with E-state index < -0.39 is 0 Å². The van der Waals surface area contributed by atoms with E-state index in [2.05, 4.69) is 18.9 Å². The lowest BCUT2D eigenvalue weighted by Crippen LogP contribution is -2.00. The van der Waals surface area contributed by atoms with Gasteiger partial charge in [0.1, 0.15) is 5.69 Å². The third-order valence-electron chi connectivity index (χ3n) is 2.12. The SMILES string of the molecule is CCCCn1cc(Cl)c(COCCC)n1. The molecule has 0 aliphatic heterocycles. The van der Waals surface area contributed by atoms with Crippen molar-refractivity contribution in [1.29, 1.82) is 0 Å². The third kappa shape index (κ3) is 4.22. The Morgan fingerprint density at radius 3 is 2.87 bits per heavy atom. The molecule has 0 spiro atoms. The molecule has 0 N–H and O–H groups in total. The van der Waals surface area contributed by atoms with Crippen LogP contribution >= 0.6 is 11.6 Å². The molecule has 0 unspecified atom stereocenters. The molecule has 0 radical (unpaired) electrons. The summed E-state index contributed by atoms with van der Waals surface area (Å²) in [5.74, 6) is 0. The van der Waals surface area contributed by atoms with Gasteiger partial charge >= 0.3 is 0 Å². The van der Waals surface area contributed by atoms with Crippen LogP contribution in [0.25, 0.3) is 0 Å². The van der Waals surface area contributed by atoms with Gasteiger partial charge in [0.15, 0.2) is 0 Å². The van der Waals surface area contributed by atoms with Crippen LogP contribution in [0.1, 0.15) is 38.8 Å². The van der Waals surface area contributed by atoms with Crippen LogP contribution in [0, 0.1) is 0 Å². The van der Waals surface area contributed by atoms with Crippen molar-refractivity contribution in [1.82, 2.24) is 9.78 Å². The summed E-state index contributed by atoms with van der Waals surface area (Å²) in [6.07, 6.45) is 5.20. The monoisotopic (exact) mass is 230 g/mol. The summed E-state index contributed by atoms with van der Waals surface area (Å²) in [5.41, 5.74) is 0.848. The van der Waals surface area contributed by atoms with Crippen LogP contribution in [0.3, 0.4) is 0 Å². The van der Waals surface area contributed by atoms with Gasteiger partial charge in [-0.05, 0) is 12.8 Å². The second-order valence-electron chi connectivity index (χ2n) is 3.59. The molecule has 0 aliphatic rings. The maximum Gasteiger partial charge on any atom is 0.107 e. The van der Waals surface area contributed by atoms with Crippen LogP contribution in [0.5, 0.6) is 0 Å². The first-order valence-electron chi connectivity index (χ1n) is 5.57. The molecular weight excluding hydrogens is 212 g/mol. The minimum atomic E-state index is 0.520. The average molecular weight is 231 g/mol. The van der Waals surface area contributed by atoms with Crippen LogP contribution in [0.15, 0.2) is 6.20 Å². The molecule has 0 amide bonds. The number of halogens is 1. The fourth-order valence-corrected chi connectivity index (χ4v) is 1.49. The summed E-state index contributed by atoms with van der Waals surface area (Å²) in [5, 5.41) is 5.09. The molecule has 86 valence electrons. The van der Waals surface area contributed by atoms with Crippen LogP contribution in [-0.4, -0.2) is 16.4 Å². The highest BCUT2D eigenvalue weighted by atomic mass is 35.5. The minimum Gasteiger partial charge on any atom is -0.375 e. The maximum atomic E-state index is 6.04. The summed E-state index contributed by atoms with van der Waals surface area (Å²) in [4.78, 5) is 0. The molecule has 0 saturated carbocycles. The van der Waals surface area contributed by atoms with Gasteiger partial charge in [-0.25, -0.2) is 0 Å². The number of ether oxygens (including phenoxy) is 1. The predicted octanol–water partition coefficient (Wildman–Crippen LogP) is 3.26. The Balaban J connectivity index is 2.45. The van der Waals surface area contributed by atoms with Gasteiger partial charge in [0.25, 0.3) is 0 Å². The Hall–Kier alpha value is -0.540. The van der Waals surface area contributed by atoms with Crippen molar-refractivity contribution in [3.63, 3.8) is 0 Å². The highest BCUT2D eigenvalue weighted by Crippen LogP contribution is 2.15. The van der Waals surface area contributed by atoms with Crippen LogP contribution < -0.4 is 0 Å². The molecule has 0 saturated heterocycles. The zero-order valence-electron chi connectivity index (χ0n) is 9.50. The first-order valence-corrected chi connectivity index (χ1v) is 5.95. The van der Waals surface area contributed by atoms with E-state index >= 15 is 0 Å². The van der Waals surface area contributed by atoms with Crippen LogP contribution in [0.4, 0.5) is 0 Å². The second kappa shape index (κ2) is 6.85. The Labute approximate surface area is 96.4 Å². The van der Waals surface area contributed by atoms with Gasteiger partial charge in [-0.2, -0.15) is 5.10 Å². The number of hydrogen-bond donors (Lipinski definition) is 0. The van der Waals surface area contributed by atoms with Crippen molar-refractivity contribution < 1.29 is 4.74 Å². The topological polar surface area (TPSA) is 27.1 Å². The summed E-state index contributed by atoms with van der Waals surface area (Å²) < 4.78 is 7.31. The molecular formula is C11H19ClN2O. The van der Waals surface area contributed by atoms with Crippen LogP contribution in [-0.2, 0) is 17.9 Å². The van der Waals surface area contributed by atoms with Gasteiger partial charge in [-0.3, -0.25) is 4.68 Å². The van der Waals surface area contributed by atoms with Crippen molar-refractivity contribution in [2.45, 2.75) is 46.3 Å². The number of unbranched alkanes of at least 4 members (excludes halogenated alkanes) is 1. The van der Waals surface area contributed by atoms with E-state index in [1.807, 2.05) is 10.9 Å². The molecule has 1 aromatic heterocycles. The van der Waals surface area contributed by atoms with Gasteiger partial charge < -0.3 is 4.74 Å². The third-order valence-corrected chi connectivity index (χ3v) is 2.43. The minimum absolute atomic E-state index is 0.520. The van der Waals surface area contributed by atoms with E-state index in [1.165, 1.54) is 6.42 Å². The Morgan fingerprint density at radius 1 is 1.40 bits per heavy atom. The van der Waals surface area contributed by atoms with E-state index in [-0.39, 0.29) is 0 Å².